The molecule has 0 N–H and O–H groups in total. The zero-order chi connectivity index (χ0) is 41.0. The standard InChI is InChI=1S/C57H36N4O/c1-3-15-38(16-4-1)55-58-56(39-17-5-2-6-18-39)60-57(59-55)40-31-29-37(30-32-40)41-19-13-20-42(35-41)43-33-34-48-53(36-43)62-52-28-14-24-47(54(48)52)46-23-9-12-27-51(46)61-49-25-10-7-21-44(49)45-22-8-11-26-50(45)61/h1-36H. The van der Waals surface area contributed by atoms with Crippen molar-refractivity contribution in [3.63, 3.8) is 0 Å². The molecule has 0 unspecified atom stereocenters. The highest BCUT2D eigenvalue weighted by atomic mass is 16.3. The van der Waals surface area contributed by atoms with Gasteiger partial charge in [0.05, 0.1) is 16.7 Å². The summed E-state index contributed by atoms with van der Waals surface area (Å²) in [5.74, 6) is 1.93. The Morgan fingerprint density at radius 2 is 0.774 bits per heavy atom. The molecular weight excluding hydrogens is 757 g/mol. The fraction of sp³-hybridized carbons (Fsp3) is 0. The van der Waals surface area contributed by atoms with E-state index in [0.29, 0.717) is 17.5 Å². The summed E-state index contributed by atoms with van der Waals surface area (Å²) in [4.78, 5) is 14.7. The third-order valence-electron chi connectivity index (χ3n) is 11.9. The van der Waals surface area contributed by atoms with Gasteiger partial charge in [0, 0.05) is 43.8 Å². The van der Waals surface area contributed by atoms with E-state index in [1.54, 1.807) is 0 Å². The van der Waals surface area contributed by atoms with Gasteiger partial charge in [-0.05, 0) is 70.3 Å². The fourth-order valence-corrected chi connectivity index (χ4v) is 8.94. The second-order valence-electron chi connectivity index (χ2n) is 15.6. The average molecular weight is 793 g/mol. The summed E-state index contributed by atoms with van der Waals surface area (Å²) >= 11 is 0. The molecule has 12 aromatic rings. The van der Waals surface area contributed by atoms with Crippen LogP contribution in [0.5, 0.6) is 0 Å². The lowest BCUT2D eigenvalue weighted by atomic mass is 9.95. The van der Waals surface area contributed by atoms with Gasteiger partial charge in [-0.3, -0.25) is 0 Å². The smallest absolute Gasteiger partial charge is 0.164 e. The maximum absolute atomic E-state index is 6.67. The summed E-state index contributed by atoms with van der Waals surface area (Å²) in [5, 5.41) is 4.69. The van der Waals surface area contributed by atoms with Crippen molar-refractivity contribution in [2.75, 3.05) is 0 Å². The van der Waals surface area contributed by atoms with Gasteiger partial charge < -0.3 is 8.98 Å². The Kier molecular flexibility index (Phi) is 8.42. The van der Waals surface area contributed by atoms with Crippen LogP contribution in [0.4, 0.5) is 0 Å². The predicted octanol–water partition coefficient (Wildman–Crippen LogP) is 14.9. The van der Waals surface area contributed by atoms with Crippen molar-refractivity contribution >= 4 is 43.7 Å². The third kappa shape index (κ3) is 6.06. The number of rotatable bonds is 7. The Bertz CT molecular complexity index is 3510. The highest BCUT2D eigenvalue weighted by Crippen LogP contribution is 2.42. The van der Waals surface area contributed by atoms with E-state index in [1.807, 2.05) is 60.7 Å². The van der Waals surface area contributed by atoms with Gasteiger partial charge in [0.15, 0.2) is 17.5 Å². The first kappa shape index (κ1) is 35.5. The lowest BCUT2D eigenvalue weighted by Crippen LogP contribution is -2.00. The summed E-state index contributed by atoms with van der Waals surface area (Å²) in [7, 11) is 0. The van der Waals surface area contributed by atoms with Gasteiger partial charge >= 0.3 is 0 Å². The van der Waals surface area contributed by atoms with Crippen molar-refractivity contribution in [2.45, 2.75) is 0 Å². The molecule has 290 valence electrons. The monoisotopic (exact) mass is 792 g/mol. The van der Waals surface area contributed by atoms with Crippen LogP contribution in [-0.2, 0) is 0 Å². The molecule has 0 bridgehead atoms. The maximum Gasteiger partial charge on any atom is 0.164 e. The third-order valence-corrected chi connectivity index (χ3v) is 11.9. The van der Waals surface area contributed by atoms with Crippen molar-refractivity contribution in [3.05, 3.63) is 218 Å². The largest absolute Gasteiger partial charge is 0.456 e. The van der Waals surface area contributed by atoms with E-state index < -0.39 is 0 Å². The minimum absolute atomic E-state index is 0.635. The topological polar surface area (TPSA) is 56.7 Å². The molecule has 5 heteroatoms. The second-order valence-corrected chi connectivity index (χ2v) is 15.6. The number of hydrogen-bond acceptors (Lipinski definition) is 4. The normalized spacial score (nSPS) is 11.5. The van der Waals surface area contributed by atoms with E-state index in [2.05, 4.69) is 162 Å². The summed E-state index contributed by atoms with van der Waals surface area (Å²) < 4.78 is 9.07. The number of aromatic nitrogens is 4. The van der Waals surface area contributed by atoms with E-state index in [0.717, 1.165) is 77.7 Å². The lowest BCUT2D eigenvalue weighted by Gasteiger charge is -2.14. The van der Waals surface area contributed by atoms with E-state index in [4.69, 9.17) is 19.4 Å². The zero-order valence-corrected chi connectivity index (χ0v) is 33.5. The van der Waals surface area contributed by atoms with Crippen LogP contribution in [0.15, 0.2) is 223 Å². The first-order valence-electron chi connectivity index (χ1n) is 20.8. The molecule has 62 heavy (non-hydrogen) atoms. The molecule has 0 saturated heterocycles. The van der Waals surface area contributed by atoms with Crippen LogP contribution in [0.1, 0.15) is 0 Å². The number of hydrogen-bond donors (Lipinski definition) is 0. The number of furan rings is 1. The van der Waals surface area contributed by atoms with Gasteiger partial charge in [-0.2, -0.15) is 0 Å². The SMILES string of the molecule is c1ccc(-c2nc(-c3ccccc3)nc(-c3ccc(-c4cccc(-c5ccc6c(c5)oc5cccc(-c7ccccc7-n7c8ccccc8c8ccccc87)c56)c4)cc3)n2)cc1. The molecule has 0 amide bonds. The van der Waals surface area contributed by atoms with Crippen molar-refractivity contribution in [1.82, 2.24) is 19.5 Å². The molecule has 0 aliphatic heterocycles. The number of nitrogens with zero attached hydrogens (tertiary/aromatic N) is 4. The van der Waals surface area contributed by atoms with E-state index in [-0.39, 0.29) is 0 Å². The van der Waals surface area contributed by atoms with Crippen molar-refractivity contribution < 1.29 is 4.42 Å². The van der Waals surface area contributed by atoms with Crippen LogP contribution >= 0.6 is 0 Å². The van der Waals surface area contributed by atoms with Crippen LogP contribution in [0.25, 0.3) is 117 Å². The summed E-state index contributed by atoms with van der Waals surface area (Å²) in [6.45, 7) is 0. The summed E-state index contributed by atoms with van der Waals surface area (Å²) in [5.41, 5.74) is 14.8. The minimum atomic E-state index is 0.635. The molecule has 9 aromatic carbocycles. The van der Waals surface area contributed by atoms with Gasteiger partial charge in [0.2, 0.25) is 0 Å². The Hall–Kier alpha value is -8.41. The fourth-order valence-electron chi connectivity index (χ4n) is 8.94. The molecule has 0 aliphatic rings. The van der Waals surface area contributed by atoms with Gasteiger partial charge in [0.1, 0.15) is 11.2 Å². The molecule has 0 aliphatic carbocycles. The number of benzene rings is 9. The Morgan fingerprint density at radius 3 is 1.44 bits per heavy atom. The molecule has 0 atom stereocenters. The highest BCUT2D eigenvalue weighted by molar-refractivity contribution is 6.15. The minimum Gasteiger partial charge on any atom is -0.456 e. The molecule has 0 fully saturated rings. The quantitative estimate of drug-likeness (QED) is 0.161. The molecule has 3 heterocycles. The summed E-state index contributed by atoms with van der Waals surface area (Å²) in [6.07, 6.45) is 0. The first-order valence-corrected chi connectivity index (χ1v) is 20.8. The van der Waals surface area contributed by atoms with Gasteiger partial charge in [-0.25, -0.2) is 15.0 Å². The first-order chi connectivity index (χ1) is 30.7. The average Bonchev–Trinajstić information content (AvgIpc) is 3.90. The van der Waals surface area contributed by atoms with E-state index >= 15 is 0 Å². The van der Waals surface area contributed by atoms with E-state index in [9.17, 15) is 0 Å². The molecule has 0 spiro atoms. The van der Waals surface area contributed by atoms with Gasteiger partial charge in [0.25, 0.3) is 0 Å². The van der Waals surface area contributed by atoms with Crippen LogP contribution < -0.4 is 0 Å². The van der Waals surface area contributed by atoms with Gasteiger partial charge in [-0.1, -0.05) is 176 Å². The zero-order valence-electron chi connectivity index (χ0n) is 33.5. The van der Waals surface area contributed by atoms with Crippen LogP contribution in [-0.4, -0.2) is 19.5 Å². The Morgan fingerprint density at radius 1 is 0.306 bits per heavy atom. The van der Waals surface area contributed by atoms with E-state index in [1.165, 1.54) is 21.8 Å². The highest BCUT2D eigenvalue weighted by Gasteiger charge is 2.19. The molecule has 5 nitrogen and oxygen atoms in total. The van der Waals surface area contributed by atoms with Crippen LogP contribution in [0.2, 0.25) is 0 Å². The van der Waals surface area contributed by atoms with Crippen molar-refractivity contribution in [1.29, 1.82) is 0 Å². The maximum atomic E-state index is 6.67. The van der Waals surface area contributed by atoms with Crippen LogP contribution in [0, 0.1) is 0 Å². The van der Waals surface area contributed by atoms with Crippen molar-refractivity contribution in [3.8, 4) is 73.2 Å². The predicted molar refractivity (Wildman–Crippen MR) is 254 cm³/mol. The lowest BCUT2D eigenvalue weighted by molar-refractivity contribution is 0.669. The second kappa shape index (κ2) is 14.7. The Balaban J connectivity index is 0.896. The molecule has 3 aromatic heterocycles. The van der Waals surface area contributed by atoms with Crippen LogP contribution in [0.3, 0.4) is 0 Å². The van der Waals surface area contributed by atoms with Gasteiger partial charge in [-0.15, -0.1) is 0 Å². The molecular formula is C57H36N4O. The number of fused-ring (bicyclic) bond motifs is 6. The molecule has 0 saturated carbocycles. The number of para-hydroxylation sites is 3. The Labute approximate surface area is 357 Å². The summed E-state index contributed by atoms with van der Waals surface area (Å²) in [6, 6.07) is 76.3. The molecule has 0 radical (unpaired) electrons. The van der Waals surface area contributed by atoms with Crippen molar-refractivity contribution in [2.24, 2.45) is 0 Å². The molecule has 12 rings (SSSR count).